The van der Waals surface area contributed by atoms with Crippen molar-refractivity contribution >= 4 is 5.82 Å². The normalized spacial score (nSPS) is 30.7. The number of anilines is 1. The number of aliphatic hydroxyl groups is 1. The Kier molecular flexibility index (Phi) is 2.92. The molecule has 2 bridgehead atoms. The van der Waals surface area contributed by atoms with Crippen molar-refractivity contribution in [1.82, 2.24) is 4.98 Å². The highest BCUT2D eigenvalue weighted by molar-refractivity contribution is 5.41. The summed E-state index contributed by atoms with van der Waals surface area (Å²) in [7, 11) is 0. The van der Waals surface area contributed by atoms with Crippen molar-refractivity contribution in [2.75, 3.05) is 18.0 Å². The highest BCUT2D eigenvalue weighted by Crippen LogP contribution is 2.38. The lowest BCUT2D eigenvalue weighted by molar-refractivity contribution is -0.137. The molecule has 0 amide bonds. The van der Waals surface area contributed by atoms with Gasteiger partial charge in [0, 0.05) is 31.1 Å². The van der Waals surface area contributed by atoms with Crippen LogP contribution in [0.15, 0.2) is 18.3 Å². The molecule has 3 atom stereocenters. The molecule has 104 valence electrons. The second kappa shape index (κ2) is 4.37. The molecule has 1 aliphatic heterocycles. The van der Waals surface area contributed by atoms with Gasteiger partial charge in [0.1, 0.15) is 5.82 Å². The summed E-state index contributed by atoms with van der Waals surface area (Å²) in [6, 6.07) is 2.48. The Balaban J connectivity index is 1.77. The topological polar surface area (TPSA) is 36.4 Å². The smallest absolute Gasteiger partial charge is 0.392 e. The van der Waals surface area contributed by atoms with Crippen LogP contribution in [0.1, 0.15) is 18.4 Å². The maximum absolute atomic E-state index is 12.5. The molecule has 1 aromatic rings. The summed E-state index contributed by atoms with van der Waals surface area (Å²) in [4.78, 5) is 5.90. The lowest BCUT2D eigenvalue weighted by Gasteiger charge is -2.36. The van der Waals surface area contributed by atoms with Crippen LogP contribution >= 0.6 is 0 Å². The fourth-order valence-corrected chi connectivity index (χ4v) is 3.12. The van der Waals surface area contributed by atoms with Gasteiger partial charge in [0.25, 0.3) is 0 Å². The fraction of sp³-hybridized carbons (Fsp3) is 0.615. The second-order valence-corrected chi connectivity index (χ2v) is 5.40. The van der Waals surface area contributed by atoms with Crippen LogP contribution in [0.3, 0.4) is 0 Å². The summed E-state index contributed by atoms with van der Waals surface area (Å²) in [5.74, 6) is 1.02. The first-order valence-electron chi connectivity index (χ1n) is 6.41. The van der Waals surface area contributed by atoms with E-state index in [0.717, 1.165) is 25.1 Å². The largest absolute Gasteiger partial charge is 0.417 e. The Hall–Kier alpha value is -1.30. The van der Waals surface area contributed by atoms with Gasteiger partial charge >= 0.3 is 6.18 Å². The first-order chi connectivity index (χ1) is 8.95. The molecule has 2 heterocycles. The van der Waals surface area contributed by atoms with Crippen LogP contribution in [0.5, 0.6) is 0 Å². The third-order valence-electron chi connectivity index (χ3n) is 4.18. The van der Waals surface area contributed by atoms with E-state index in [9.17, 15) is 18.3 Å². The monoisotopic (exact) mass is 272 g/mol. The van der Waals surface area contributed by atoms with E-state index in [1.165, 1.54) is 6.07 Å². The molecule has 3 rings (SSSR count). The highest BCUT2D eigenvalue weighted by atomic mass is 19.4. The van der Waals surface area contributed by atoms with E-state index in [2.05, 4.69) is 4.98 Å². The molecule has 19 heavy (non-hydrogen) atoms. The van der Waals surface area contributed by atoms with Crippen LogP contribution in [-0.2, 0) is 6.18 Å². The van der Waals surface area contributed by atoms with Crippen molar-refractivity contribution in [2.24, 2.45) is 11.8 Å². The van der Waals surface area contributed by atoms with Crippen molar-refractivity contribution in [1.29, 1.82) is 0 Å². The van der Waals surface area contributed by atoms with Gasteiger partial charge in [0.15, 0.2) is 0 Å². The third-order valence-corrected chi connectivity index (χ3v) is 4.18. The SMILES string of the molecule is OC1[C@@H]2CC[C@H]1CN(c1ccc(C(F)(F)F)cn1)C2. The van der Waals surface area contributed by atoms with Crippen molar-refractivity contribution < 1.29 is 18.3 Å². The lowest BCUT2D eigenvalue weighted by Crippen LogP contribution is -2.45. The molecule has 1 saturated carbocycles. The van der Waals surface area contributed by atoms with Crippen LogP contribution in [0.25, 0.3) is 0 Å². The van der Waals surface area contributed by atoms with Crippen LogP contribution in [0, 0.1) is 11.8 Å². The number of nitrogens with zero attached hydrogens (tertiary/aromatic N) is 2. The van der Waals surface area contributed by atoms with Crippen LogP contribution < -0.4 is 4.90 Å². The molecule has 1 aromatic heterocycles. The zero-order valence-corrected chi connectivity index (χ0v) is 10.3. The number of piperidine rings is 1. The van der Waals surface area contributed by atoms with E-state index in [4.69, 9.17) is 0 Å². The highest BCUT2D eigenvalue weighted by Gasteiger charge is 2.41. The van der Waals surface area contributed by atoms with Gasteiger partial charge in [0.05, 0.1) is 11.7 Å². The van der Waals surface area contributed by atoms with E-state index in [1.807, 2.05) is 4.90 Å². The number of hydrogen-bond acceptors (Lipinski definition) is 3. The summed E-state index contributed by atoms with van der Waals surface area (Å²) >= 11 is 0. The Morgan fingerprint density at radius 3 is 2.26 bits per heavy atom. The van der Waals surface area contributed by atoms with Gasteiger partial charge in [-0.25, -0.2) is 4.98 Å². The molecule has 2 fully saturated rings. The summed E-state index contributed by atoms with van der Waals surface area (Å²) in [5.41, 5.74) is -0.726. The molecule has 2 aliphatic rings. The fourth-order valence-electron chi connectivity index (χ4n) is 3.12. The minimum atomic E-state index is -4.34. The average Bonchev–Trinajstić information content (AvgIpc) is 2.61. The Bertz CT molecular complexity index is 446. The van der Waals surface area contributed by atoms with Crippen LogP contribution in [0.2, 0.25) is 0 Å². The Labute approximate surface area is 109 Å². The van der Waals surface area contributed by atoms with Gasteiger partial charge in [-0.05, 0) is 25.0 Å². The molecule has 1 aliphatic carbocycles. The molecular weight excluding hydrogens is 257 g/mol. The van der Waals surface area contributed by atoms with Crippen LogP contribution in [0.4, 0.5) is 19.0 Å². The molecule has 0 radical (unpaired) electrons. The van der Waals surface area contributed by atoms with E-state index < -0.39 is 11.7 Å². The van der Waals surface area contributed by atoms with Gasteiger partial charge < -0.3 is 10.0 Å². The molecular formula is C13H15F3N2O. The molecule has 0 spiro atoms. The number of aromatic nitrogens is 1. The number of pyridine rings is 1. The number of halogens is 3. The summed E-state index contributed by atoms with van der Waals surface area (Å²) in [5, 5.41) is 9.93. The first kappa shape index (κ1) is 12.7. The van der Waals surface area contributed by atoms with Crippen molar-refractivity contribution in [3.05, 3.63) is 23.9 Å². The van der Waals surface area contributed by atoms with Gasteiger partial charge in [-0.1, -0.05) is 0 Å². The van der Waals surface area contributed by atoms with Gasteiger partial charge in [-0.15, -0.1) is 0 Å². The predicted molar refractivity (Wildman–Crippen MR) is 63.7 cm³/mol. The number of aliphatic hydroxyl groups excluding tert-OH is 1. The van der Waals surface area contributed by atoms with E-state index in [0.29, 0.717) is 18.9 Å². The standard InChI is InChI=1S/C13H15F3N2O/c14-13(15,16)10-3-4-11(17-5-10)18-6-8-1-2-9(7-18)12(8)19/h3-5,8-9,12,19H,1-2,6-7H2/t8-,9+,12?. The summed E-state index contributed by atoms with van der Waals surface area (Å²) in [6.07, 6.45) is -1.75. The van der Waals surface area contributed by atoms with Crippen molar-refractivity contribution in [2.45, 2.75) is 25.1 Å². The average molecular weight is 272 g/mol. The van der Waals surface area contributed by atoms with E-state index in [1.54, 1.807) is 0 Å². The lowest BCUT2D eigenvalue weighted by atomic mass is 9.95. The molecule has 6 heteroatoms. The first-order valence-corrected chi connectivity index (χ1v) is 6.41. The summed E-state index contributed by atoms with van der Waals surface area (Å²) < 4.78 is 37.4. The van der Waals surface area contributed by atoms with Gasteiger partial charge in [-0.3, -0.25) is 0 Å². The van der Waals surface area contributed by atoms with Crippen molar-refractivity contribution in [3.63, 3.8) is 0 Å². The number of hydrogen-bond donors (Lipinski definition) is 1. The third kappa shape index (κ3) is 2.29. The van der Waals surface area contributed by atoms with Crippen LogP contribution in [-0.4, -0.2) is 29.3 Å². The maximum Gasteiger partial charge on any atom is 0.417 e. The van der Waals surface area contributed by atoms with E-state index in [-0.39, 0.29) is 17.9 Å². The zero-order valence-electron chi connectivity index (χ0n) is 10.3. The predicted octanol–water partition coefficient (Wildman–Crippen LogP) is 2.31. The van der Waals surface area contributed by atoms with Crippen molar-refractivity contribution in [3.8, 4) is 0 Å². The Morgan fingerprint density at radius 2 is 1.79 bits per heavy atom. The maximum atomic E-state index is 12.5. The van der Waals surface area contributed by atoms with Gasteiger partial charge in [0.2, 0.25) is 0 Å². The molecule has 0 aromatic carbocycles. The molecule has 1 N–H and O–H groups in total. The molecule has 1 saturated heterocycles. The Morgan fingerprint density at radius 1 is 1.16 bits per heavy atom. The number of rotatable bonds is 1. The zero-order chi connectivity index (χ0) is 13.6. The minimum Gasteiger partial charge on any atom is -0.392 e. The summed E-state index contributed by atoms with van der Waals surface area (Å²) in [6.45, 7) is 1.35. The second-order valence-electron chi connectivity index (χ2n) is 5.40. The minimum absolute atomic E-state index is 0.225. The van der Waals surface area contributed by atoms with E-state index >= 15 is 0 Å². The van der Waals surface area contributed by atoms with Gasteiger partial charge in [-0.2, -0.15) is 13.2 Å². The quantitative estimate of drug-likeness (QED) is 0.852. The number of alkyl halides is 3. The number of fused-ring (bicyclic) bond motifs is 2. The molecule has 3 nitrogen and oxygen atoms in total. The molecule has 1 unspecified atom stereocenters.